The smallest absolute Gasteiger partial charge is 0.266 e. The summed E-state index contributed by atoms with van der Waals surface area (Å²) in [4.78, 5) is 25.7. The van der Waals surface area contributed by atoms with Crippen LogP contribution in [0.5, 0.6) is 0 Å². The minimum absolute atomic E-state index is 0.275. The lowest BCUT2D eigenvalue weighted by atomic mass is 10.1. The largest absolute Gasteiger partial charge is 0.268 e. The first kappa shape index (κ1) is 13.0. The maximum absolute atomic E-state index is 13.7. The molecule has 0 atom stereocenters. The molecule has 0 bridgehead atoms. The monoisotopic (exact) mass is 333 g/mol. The third-order valence-corrected chi connectivity index (χ3v) is 3.88. The van der Waals surface area contributed by atoms with E-state index in [-0.39, 0.29) is 5.69 Å². The quantitative estimate of drug-likeness (QED) is 0.746. The zero-order chi connectivity index (χ0) is 14.4. The molecule has 2 aromatic carbocycles. The molecule has 0 N–H and O–H groups in total. The van der Waals surface area contributed by atoms with Crippen LogP contribution in [0.4, 0.5) is 10.1 Å². The van der Waals surface area contributed by atoms with Gasteiger partial charge in [0.2, 0.25) is 0 Å². The SMILES string of the molecule is Cc1cc(Br)c(F)cc1N1C(=O)c2ccccc2C1=O. The summed E-state index contributed by atoms with van der Waals surface area (Å²) in [6.07, 6.45) is 0. The lowest BCUT2D eigenvalue weighted by Crippen LogP contribution is -2.30. The lowest BCUT2D eigenvalue weighted by molar-refractivity contribution is 0.0926. The molecule has 1 heterocycles. The van der Waals surface area contributed by atoms with E-state index in [0.717, 1.165) is 4.90 Å². The number of imide groups is 1. The van der Waals surface area contributed by atoms with E-state index < -0.39 is 17.6 Å². The van der Waals surface area contributed by atoms with E-state index in [1.54, 1.807) is 37.3 Å². The van der Waals surface area contributed by atoms with E-state index in [0.29, 0.717) is 21.2 Å². The Labute approximate surface area is 123 Å². The number of hydrogen-bond acceptors (Lipinski definition) is 2. The van der Waals surface area contributed by atoms with Gasteiger partial charge in [0.1, 0.15) is 5.82 Å². The van der Waals surface area contributed by atoms with Crippen LogP contribution in [0.3, 0.4) is 0 Å². The highest BCUT2D eigenvalue weighted by Crippen LogP contribution is 2.33. The number of aryl methyl sites for hydroxylation is 1. The molecule has 1 aliphatic rings. The zero-order valence-corrected chi connectivity index (χ0v) is 12.1. The van der Waals surface area contributed by atoms with Gasteiger partial charge in [0.25, 0.3) is 11.8 Å². The van der Waals surface area contributed by atoms with Crippen LogP contribution in [-0.2, 0) is 0 Å². The van der Waals surface area contributed by atoms with Crippen molar-refractivity contribution in [3.63, 3.8) is 0 Å². The molecule has 2 aromatic rings. The molecule has 0 saturated carbocycles. The molecule has 0 spiro atoms. The van der Waals surface area contributed by atoms with E-state index >= 15 is 0 Å². The van der Waals surface area contributed by atoms with Gasteiger partial charge in [0.15, 0.2) is 0 Å². The molecule has 0 radical (unpaired) electrons. The first-order valence-corrected chi connectivity index (χ1v) is 6.73. The van der Waals surface area contributed by atoms with E-state index in [1.165, 1.54) is 6.07 Å². The second-order valence-corrected chi connectivity index (χ2v) is 5.40. The summed E-state index contributed by atoms with van der Waals surface area (Å²) in [5.74, 6) is -1.35. The van der Waals surface area contributed by atoms with Gasteiger partial charge in [0, 0.05) is 0 Å². The van der Waals surface area contributed by atoms with Crippen LogP contribution in [0.2, 0.25) is 0 Å². The highest BCUT2D eigenvalue weighted by Gasteiger charge is 2.37. The molecular formula is C15H9BrFNO2. The van der Waals surface area contributed by atoms with Gasteiger partial charge in [-0.05, 0) is 52.7 Å². The molecule has 100 valence electrons. The first-order valence-electron chi connectivity index (χ1n) is 5.94. The second-order valence-electron chi connectivity index (χ2n) is 4.54. The number of rotatable bonds is 1. The topological polar surface area (TPSA) is 37.4 Å². The Morgan fingerprint density at radius 3 is 2.15 bits per heavy atom. The molecule has 2 amide bonds. The molecule has 0 fully saturated rings. The number of benzene rings is 2. The number of halogens is 2. The van der Waals surface area contributed by atoms with Gasteiger partial charge >= 0.3 is 0 Å². The Bertz CT molecular complexity index is 723. The normalized spacial score (nSPS) is 13.8. The minimum Gasteiger partial charge on any atom is -0.268 e. The number of anilines is 1. The number of nitrogens with zero attached hydrogens (tertiary/aromatic N) is 1. The Kier molecular flexibility index (Phi) is 2.94. The average molecular weight is 334 g/mol. The Balaban J connectivity index is 2.17. The third-order valence-electron chi connectivity index (χ3n) is 3.27. The van der Waals surface area contributed by atoms with Crippen molar-refractivity contribution in [1.29, 1.82) is 0 Å². The average Bonchev–Trinajstić information content (AvgIpc) is 2.68. The van der Waals surface area contributed by atoms with Gasteiger partial charge in [-0.15, -0.1) is 0 Å². The fourth-order valence-electron chi connectivity index (χ4n) is 2.28. The van der Waals surface area contributed by atoms with Crippen molar-refractivity contribution in [2.24, 2.45) is 0 Å². The van der Waals surface area contributed by atoms with Gasteiger partial charge < -0.3 is 0 Å². The molecule has 0 unspecified atom stereocenters. The summed E-state index contributed by atoms with van der Waals surface area (Å²) in [7, 11) is 0. The number of fused-ring (bicyclic) bond motifs is 1. The number of amides is 2. The summed E-state index contributed by atoms with van der Waals surface area (Å²) >= 11 is 3.08. The van der Waals surface area contributed by atoms with Crippen molar-refractivity contribution >= 4 is 33.4 Å². The number of hydrogen-bond donors (Lipinski definition) is 0. The molecular weight excluding hydrogens is 325 g/mol. The molecule has 0 aromatic heterocycles. The third kappa shape index (κ3) is 1.78. The fraction of sp³-hybridized carbons (Fsp3) is 0.0667. The van der Waals surface area contributed by atoms with Gasteiger partial charge in [-0.3, -0.25) is 9.59 Å². The highest BCUT2D eigenvalue weighted by molar-refractivity contribution is 9.10. The molecule has 20 heavy (non-hydrogen) atoms. The molecule has 5 heteroatoms. The van der Waals surface area contributed by atoms with Gasteiger partial charge in [-0.25, -0.2) is 9.29 Å². The molecule has 3 nitrogen and oxygen atoms in total. The predicted molar refractivity (Wildman–Crippen MR) is 76.4 cm³/mol. The van der Waals surface area contributed by atoms with Crippen LogP contribution >= 0.6 is 15.9 Å². The van der Waals surface area contributed by atoms with E-state index in [1.807, 2.05) is 0 Å². The van der Waals surface area contributed by atoms with Crippen molar-refractivity contribution < 1.29 is 14.0 Å². The van der Waals surface area contributed by atoms with Crippen molar-refractivity contribution in [2.75, 3.05) is 4.90 Å². The zero-order valence-electron chi connectivity index (χ0n) is 10.5. The second kappa shape index (κ2) is 4.52. The van der Waals surface area contributed by atoms with Crippen molar-refractivity contribution in [3.05, 3.63) is 63.4 Å². The van der Waals surface area contributed by atoms with Crippen LogP contribution in [0.25, 0.3) is 0 Å². The standard InChI is InChI=1S/C15H9BrFNO2/c1-8-6-11(16)12(17)7-13(8)18-14(19)9-4-2-3-5-10(9)15(18)20/h2-7H,1H3. The van der Waals surface area contributed by atoms with Crippen molar-refractivity contribution in [2.45, 2.75) is 6.92 Å². The fourth-order valence-corrected chi connectivity index (χ4v) is 2.74. The Morgan fingerprint density at radius 1 is 1.05 bits per heavy atom. The molecule has 1 aliphatic heterocycles. The van der Waals surface area contributed by atoms with Crippen LogP contribution in [0.1, 0.15) is 26.3 Å². The van der Waals surface area contributed by atoms with E-state index in [2.05, 4.69) is 15.9 Å². The summed E-state index contributed by atoms with van der Waals surface area (Å²) < 4.78 is 14.0. The minimum atomic E-state index is -0.512. The Morgan fingerprint density at radius 2 is 1.60 bits per heavy atom. The molecule has 3 rings (SSSR count). The van der Waals surface area contributed by atoms with Gasteiger partial charge in [-0.1, -0.05) is 12.1 Å². The number of carbonyl (C=O) groups is 2. The van der Waals surface area contributed by atoms with E-state index in [9.17, 15) is 14.0 Å². The van der Waals surface area contributed by atoms with Crippen LogP contribution in [-0.4, -0.2) is 11.8 Å². The first-order chi connectivity index (χ1) is 9.50. The summed E-state index contributed by atoms with van der Waals surface area (Å²) in [5, 5.41) is 0. The van der Waals surface area contributed by atoms with Crippen molar-refractivity contribution in [1.82, 2.24) is 0 Å². The van der Waals surface area contributed by atoms with Crippen LogP contribution in [0, 0.1) is 12.7 Å². The summed E-state index contributed by atoms with van der Waals surface area (Å²) in [6, 6.07) is 9.33. The number of carbonyl (C=O) groups excluding carboxylic acids is 2. The maximum atomic E-state index is 13.7. The Hall–Kier alpha value is -2.01. The molecule has 0 aliphatic carbocycles. The van der Waals surface area contributed by atoms with Crippen molar-refractivity contribution in [3.8, 4) is 0 Å². The van der Waals surface area contributed by atoms with E-state index in [4.69, 9.17) is 0 Å². The van der Waals surface area contributed by atoms with Crippen LogP contribution in [0.15, 0.2) is 40.9 Å². The summed E-state index contributed by atoms with van der Waals surface area (Å²) in [5.41, 5.74) is 1.62. The van der Waals surface area contributed by atoms with Crippen LogP contribution < -0.4 is 4.90 Å². The highest BCUT2D eigenvalue weighted by atomic mass is 79.9. The molecule has 0 saturated heterocycles. The maximum Gasteiger partial charge on any atom is 0.266 e. The summed E-state index contributed by atoms with van der Waals surface area (Å²) in [6.45, 7) is 1.73. The van der Waals surface area contributed by atoms with Gasteiger partial charge in [0.05, 0.1) is 21.3 Å². The lowest BCUT2D eigenvalue weighted by Gasteiger charge is -2.17. The predicted octanol–water partition coefficient (Wildman–Crippen LogP) is 3.70. The van der Waals surface area contributed by atoms with Gasteiger partial charge in [-0.2, -0.15) is 0 Å².